The van der Waals surface area contributed by atoms with Crippen molar-refractivity contribution >= 4 is 28.2 Å². The molecule has 26 heavy (non-hydrogen) atoms. The van der Waals surface area contributed by atoms with Crippen LogP contribution in [0.2, 0.25) is 0 Å². The van der Waals surface area contributed by atoms with Gasteiger partial charge >= 0.3 is 16.4 Å². The molecular weight excluding hydrogens is 370 g/mol. The molecule has 0 aromatic carbocycles. The highest BCUT2D eigenvalue weighted by molar-refractivity contribution is 7.80. The Morgan fingerprint density at radius 1 is 1.42 bits per heavy atom. The van der Waals surface area contributed by atoms with Crippen LogP contribution in [0.3, 0.4) is 0 Å². The fourth-order valence-electron chi connectivity index (χ4n) is 3.32. The van der Waals surface area contributed by atoms with Crippen LogP contribution >= 0.6 is 0 Å². The lowest BCUT2D eigenvalue weighted by Gasteiger charge is -2.31. The van der Waals surface area contributed by atoms with Crippen LogP contribution in [0.25, 0.3) is 0 Å². The van der Waals surface area contributed by atoms with Crippen molar-refractivity contribution in [1.29, 1.82) is 5.41 Å². The van der Waals surface area contributed by atoms with Crippen molar-refractivity contribution in [2.24, 2.45) is 5.92 Å². The van der Waals surface area contributed by atoms with Gasteiger partial charge in [0.1, 0.15) is 5.84 Å². The summed E-state index contributed by atoms with van der Waals surface area (Å²) in [6, 6.07) is -2.01. The van der Waals surface area contributed by atoms with Gasteiger partial charge in [-0.15, -0.1) is 4.28 Å². The van der Waals surface area contributed by atoms with E-state index in [0.717, 1.165) is 0 Å². The van der Waals surface area contributed by atoms with E-state index in [-0.39, 0.29) is 24.9 Å². The van der Waals surface area contributed by atoms with E-state index in [9.17, 15) is 18.0 Å². The quantitative estimate of drug-likeness (QED) is 0.251. The Balaban J connectivity index is 1.62. The maximum Gasteiger partial charge on any atom is 0.418 e. The van der Waals surface area contributed by atoms with Crippen LogP contribution in [0.4, 0.5) is 4.79 Å². The lowest BCUT2D eigenvalue weighted by atomic mass is 9.99. The zero-order valence-corrected chi connectivity index (χ0v) is 14.7. The Hall–Kier alpha value is -1.80. The number of amidine groups is 1. The van der Waals surface area contributed by atoms with E-state index in [0.29, 0.717) is 37.6 Å². The summed E-state index contributed by atoms with van der Waals surface area (Å²) in [7, 11) is -4.82. The van der Waals surface area contributed by atoms with E-state index in [4.69, 9.17) is 14.7 Å². The Morgan fingerprint density at radius 2 is 2.19 bits per heavy atom. The fourth-order valence-corrected chi connectivity index (χ4v) is 3.71. The molecule has 0 aromatic heterocycles. The second kappa shape index (κ2) is 7.44. The highest BCUT2D eigenvalue weighted by atomic mass is 32.3. The molecule has 146 valence electrons. The average molecular weight is 391 g/mol. The zero-order valence-electron chi connectivity index (χ0n) is 13.9. The number of hydroxylamine groups is 2. The summed E-state index contributed by atoms with van der Waals surface area (Å²) in [4.78, 5) is 25.9. The van der Waals surface area contributed by atoms with Crippen molar-refractivity contribution in [3.8, 4) is 0 Å². The Bertz CT molecular complexity index is 691. The van der Waals surface area contributed by atoms with Crippen LogP contribution in [0, 0.1) is 11.3 Å². The van der Waals surface area contributed by atoms with Gasteiger partial charge in [-0.1, -0.05) is 0 Å². The van der Waals surface area contributed by atoms with E-state index >= 15 is 0 Å². The molecule has 0 radical (unpaired) electrons. The molecule has 3 fully saturated rings. The zero-order chi connectivity index (χ0) is 18.9. The van der Waals surface area contributed by atoms with E-state index in [1.807, 2.05) is 0 Å². The van der Waals surface area contributed by atoms with Crippen molar-refractivity contribution < 1.29 is 31.6 Å². The van der Waals surface area contributed by atoms with Crippen LogP contribution in [-0.4, -0.2) is 85.6 Å². The Labute approximate surface area is 150 Å². The first-order valence-electron chi connectivity index (χ1n) is 8.21. The number of nitrogens with zero attached hydrogens (tertiary/aromatic N) is 2. The van der Waals surface area contributed by atoms with Crippen LogP contribution in [-0.2, 0) is 24.2 Å². The minimum atomic E-state index is -4.82. The molecule has 3 amide bonds. The predicted molar refractivity (Wildman–Crippen MR) is 86.4 cm³/mol. The van der Waals surface area contributed by atoms with Gasteiger partial charge in [0.15, 0.2) is 0 Å². The summed E-state index contributed by atoms with van der Waals surface area (Å²) in [6.07, 6.45) is 0.731. The Kier molecular flexibility index (Phi) is 5.43. The number of hydrogen-bond acceptors (Lipinski definition) is 8. The topological polar surface area (TPSA) is 161 Å². The number of amides is 3. The highest BCUT2D eigenvalue weighted by Crippen LogP contribution is 2.30. The highest BCUT2D eigenvalue weighted by Gasteiger charge is 2.48. The first-order valence-corrected chi connectivity index (χ1v) is 9.57. The molecule has 3 aliphatic heterocycles. The minimum absolute atomic E-state index is 0.139. The monoisotopic (exact) mass is 391 g/mol. The molecule has 3 rings (SSSR count). The van der Waals surface area contributed by atoms with Crippen molar-refractivity contribution in [2.45, 2.75) is 24.9 Å². The first kappa shape index (κ1) is 19.0. The molecule has 13 heteroatoms. The van der Waals surface area contributed by atoms with Gasteiger partial charge in [-0.05, 0) is 12.8 Å². The number of carbonyl (C=O) groups excluding carboxylic acids is 2. The number of carbonyl (C=O) groups is 2. The van der Waals surface area contributed by atoms with Gasteiger partial charge in [-0.25, -0.2) is 4.79 Å². The number of rotatable bonds is 4. The van der Waals surface area contributed by atoms with E-state index in [1.165, 1.54) is 4.90 Å². The smallest absolute Gasteiger partial charge is 0.379 e. The maximum absolute atomic E-state index is 12.3. The fraction of sp³-hybridized carbons (Fsp3) is 0.769. The number of ether oxygens (including phenoxy) is 1. The lowest BCUT2D eigenvalue weighted by Crippen LogP contribution is -2.52. The molecule has 3 heterocycles. The normalized spacial score (nSPS) is 29.4. The average Bonchev–Trinajstić information content (AvgIpc) is 2.79. The summed E-state index contributed by atoms with van der Waals surface area (Å²) in [5.41, 5.74) is 0. The standard InChI is InChI=1S/C13H21N5O7S/c14-11(16-12(19)8-5-15-3-4-24-7-8)10-2-1-9-6-17(10)13(20)18(9)25-26(21,22)23/h8-10,15H,1-7H2,(H2,14,16,19)(H,21,22,23). The summed E-state index contributed by atoms with van der Waals surface area (Å²) in [6.45, 7) is 1.99. The van der Waals surface area contributed by atoms with Crippen LogP contribution < -0.4 is 10.6 Å². The summed E-state index contributed by atoms with van der Waals surface area (Å²) >= 11 is 0. The van der Waals surface area contributed by atoms with Gasteiger partial charge in [0.25, 0.3) is 0 Å². The second-order valence-electron chi connectivity index (χ2n) is 6.39. The third kappa shape index (κ3) is 4.12. The van der Waals surface area contributed by atoms with Gasteiger partial charge < -0.3 is 20.3 Å². The van der Waals surface area contributed by atoms with Gasteiger partial charge in [0.05, 0.1) is 31.2 Å². The number of nitrogens with one attached hydrogen (secondary N) is 3. The van der Waals surface area contributed by atoms with Gasteiger partial charge in [0.2, 0.25) is 5.91 Å². The molecule has 4 N–H and O–H groups in total. The van der Waals surface area contributed by atoms with Crippen LogP contribution in [0.15, 0.2) is 0 Å². The van der Waals surface area contributed by atoms with E-state index in [1.54, 1.807) is 0 Å². The summed E-state index contributed by atoms with van der Waals surface area (Å²) in [5.74, 6) is -0.952. The molecule has 3 atom stereocenters. The third-order valence-corrected chi connectivity index (χ3v) is 4.94. The summed E-state index contributed by atoms with van der Waals surface area (Å²) in [5, 5.41) is 14.4. The molecule has 3 saturated heterocycles. The second-order valence-corrected chi connectivity index (χ2v) is 7.39. The largest absolute Gasteiger partial charge is 0.418 e. The predicted octanol–water partition coefficient (Wildman–Crippen LogP) is -1.68. The summed E-state index contributed by atoms with van der Waals surface area (Å²) < 4.78 is 40.2. The molecule has 3 aliphatic rings. The van der Waals surface area contributed by atoms with Crippen LogP contribution in [0.5, 0.6) is 0 Å². The van der Waals surface area contributed by atoms with Crippen molar-refractivity contribution in [1.82, 2.24) is 20.6 Å². The molecule has 0 spiro atoms. The van der Waals surface area contributed by atoms with Crippen molar-refractivity contribution in [3.05, 3.63) is 0 Å². The third-order valence-electron chi connectivity index (χ3n) is 4.59. The van der Waals surface area contributed by atoms with Gasteiger partial charge in [-0.3, -0.25) is 14.8 Å². The van der Waals surface area contributed by atoms with Gasteiger partial charge in [-0.2, -0.15) is 13.5 Å². The van der Waals surface area contributed by atoms with E-state index in [2.05, 4.69) is 14.9 Å². The van der Waals surface area contributed by atoms with E-state index < -0.39 is 34.4 Å². The van der Waals surface area contributed by atoms with Crippen LogP contribution in [0.1, 0.15) is 12.8 Å². The lowest BCUT2D eigenvalue weighted by molar-refractivity contribution is -0.124. The molecule has 2 bridgehead atoms. The maximum atomic E-state index is 12.3. The number of fused-ring (bicyclic) bond motifs is 2. The molecule has 12 nitrogen and oxygen atoms in total. The Morgan fingerprint density at radius 3 is 2.92 bits per heavy atom. The minimum Gasteiger partial charge on any atom is -0.379 e. The molecule has 3 unspecified atom stereocenters. The number of piperidine rings is 1. The molecule has 0 aromatic rings. The molecular formula is C13H21N5O7S. The van der Waals surface area contributed by atoms with Gasteiger partial charge in [0, 0.05) is 19.6 Å². The number of hydrogen-bond donors (Lipinski definition) is 4. The first-order chi connectivity index (χ1) is 12.3. The molecule has 0 saturated carbocycles. The van der Waals surface area contributed by atoms with Crippen molar-refractivity contribution in [3.63, 3.8) is 0 Å². The number of urea groups is 1. The molecule has 0 aliphatic carbocycles. The SMILES string of the molecule is N=C(NC(=O)C1CNCCOC1)C1CCC2CN1C(=O)N2OS(=O)(=O)O. The van der Waals surface area contributed by atoms with Crippen molar-refractivity contribution in [2.75, 3.05) is 32.8 Å².